The molecule has 0 aliphatic carbocycles. The van der Waals surface area contributed by atoms with Crippen LogP contribution in [0.1, 0.15) is 0 Å². The van der Waals surface area contributed by atoms with E-state index in [1.165, 1.54) is 0 Å². The van der Waals surface area contributed by atoms with Crippen LogP contribution in [0.5, 0.6) is 0 Å². The summed E-state index contributed by atoms with van der Waals surface area (Å²) < 4.78 is 0. The van der Waals surface area contributed by atoms with Gasteiger partial charge in [0, 0.05) is 26.2 Å². The molecule has 0 amide bonds. The average molecular weight is 248 g/mol. The largest absolute Gasteiger partial charge is 0.677 e. The molecule has 0 N–H and O–H groups in total. The summed E-state index contributed by atoms with van der Waals surface area (Å²) in [6.45, 7) is 7.79. The summed E-state index contributed by atoms with van der Waals surface area (Å²) in [5.74, 6) is 0. The fourth-order valence-electron chi connectivity index (χ4n) is 2.42. The van der Waals surface area contributed by atoms with Gasteiger partial charge in [0.05, 0.1) is 13.3 Å². The van der Waals surface area contributed by atoms with Gasteiger partial charge in [-0.15, -0.1) is 0 Å². The molecule has 0 radical (unpaired) electrons. The van der Waals surface area contributed by atoms with Crippen LogP contribution in [-0.2, 0) is 0 Å². The van der Waals surface area contributed by atoms with Crippen LogP contribution in [0.3, 0.4) is 0 Å². The zero-order chi connectivity index (χ0) is 12.2. The molecule has 2 unspecified atom stereocenters. The van der Waals surface area contributed by atoms with E-state index < -0.39 is 0 Å². The summed E-state index contributed by atoms with van der Waals surface area (Å²) in [6.07, 6.45) is 8.06. The van der Waals surface area contributed by atoms with E-state index >= 15 is 0 Å². The number of hydrogen-bond acceptors (Lipinski definition) is 4. The van der Waals surface area contributed by atoms with Gasteiger partial charge in [0.2, 0.25) is 0 Å². The Bertz CT molecular complexity index is 297. The van der Waals surface area contributed by atoms with Gasteiger partial charge in [-0.1, -0.05) is 13.3 Å². The van der Waals surface area contributed by atoms with Crippen molar-refractivity contribution in [3.8, 4) is 0 Å². The predicted molar refractivity (Wildman–Crippen MR) is 71.3 cm³/mol. The molecule has 0 saturated carbocycles. The number of rotatable bonds is 0. The summed E-state index contributed by atoms with van der Waals surface area (Å²) in [5.41, 5.74) is 0. The highest BCUT2D eigenvalue weighted by Crippen LogP contribution is 2.11. The van der Waals surface area contributed by atoms with Crippen molar-refractivity contribution in [2.24, 2.45) is 0 Å². The van der Waals surface area contributed by atoms with Gasteiger partial charge in [-0.05, 0) is 12.4 Å². The first kappa shape index (κ1) is 11.7. The van der Waals surface area contributed by atoms with Crippen LogP contribution < -0.4 is 0 Å². The van der Waals surface area contributed by atoms with Gasteiger partial charge in [0.15, 0.2) is 0 Å². The Hall–Kier alpha value is -1.40. The smallest absolute Gasteiger partial charge is 0.0688 e. The molecule has 2 fully saturated rings. The van der Waals surface area contributed by atoms with E-state index in [0.717, 1.165) is 52.9 Å². The summed E-state index contributed by atoms with van der Waals surface area (Å²) in [4.78, 5) is 9.23. The van der Waals surface area contributed by atoms with Crippen LogP contribution in [0.25, 0.3) is 10.6 Å². The average Bonchev–Trinajstić information content (AvgIpc) is 2.99. The third-order valence-corrected chi connectivity index (χ3v) is 3.50. The molecule has 3 heterocycles. The van der Waals surface area contributed by atoms with Crippen molar-refractivity contribution in [3.63, 3.8) is 0 Å². The minimum absolute atomic E-state index is 0.787. The lowest BCUT2D eigenvalue weighted by atomic mass is 10.6. The SMILES string of the molecule is C1=C/N2CCN(C[N-]/C=C/N3CCN(C[N-]/1)C3)C2. The Morgan fingerprint density at radius 2 is 1.17 bits per heavy atom. The van der Waals surface area contributed by atoms with E-state index in [4.69, 9.17) is 0 Å². The van der Waals surface area contributed by atoms with Gasteiger partial charge >= 0.3 is 0 Å². The highest BCUT2D eigenvalue weighted by atomic mass is 15.4. The third-order valence-electron chi connectivity index (χ3n) is 3.50. The Kier molecular flexibility index (Phi) is 3.56. The maximum atomic E-state index is 4.47. The Morgan fingerprint density at radius 3 is 1.67 bits per heavy atom. The van der Waals surface area contributed by atoms with E-state index in [1.807, 2.05) is 12.4 Å². The molecule has 0 spiro atoms. The van der Waals surface area contributed by atoms with Crippen molar-refractivity contribution >= 4 is 0 Å². The van der Waals surface area contributed by atoms with E-state index in [-0.39, 0.29) is 0 Å². The van der Waals surface area contributed by atoms with Crippen molar-refractivity contribution in [3.05, 3.63) is 35.4 Å². The van der Waals surface area contributed by atoms with Crippen molar-refractivity contribution < 1.29 is 0 Å². The standard InChI is InChI=1S/C12H20N6/c1-3-15-5-7-18(11-15)10-14-2-4-16-6-8-17(12-16)9-13-1/h1-4H,5-12H2/q-2/b3-1+,4-2+. The van der Waals surface area contributed by atoms with Crippen molar-refractivity contribution in [2.75, 3.05) is 52.9 Å². The highest BCUT2D eigenvalue weighted by molar-refractivity contribution is 5.04. The lowest BCUT2D eigenvalue weighted by Crippen LogP contribution is -2.24. The van der Waals surface area contributed by atoms with Gasteiger partial charge < -0.3 is 30.2 Å². The van der Waals surface area contributed by atoms with Crippen LogP contribution in [-0.4, -0.2) is 72.5 Å². The zero-order valence-electron chi connectivity index (χ0n) is 10.6. The second-order valence-corrected chi connectivity index (χ2v) is 4.94. The molecule has 4 bridgehead atoms. The molecule has 3 aliphatic heterocycles. The molecule has 0 aromatic heterocycles. The molecule has 6 nitrogen and oxygen atoms in total. The zero-order valence-corrected chi connectivity index (χ0v) is 10.6. The minimum atomic E-state index is 0.787. The molecule has 3 rings (SSSR count). The molecule has 2 saturated heterocycles. The van der Waals surface area contributed by atoms with E-state index in [9.17, 15) is 0 Å². The summed E-state index contributed by atoms with van der Waals surface area (Å²) in [6, 6.07) is 0. The monoisotopic (exact) mass is 248 g/mol. The lowest BCUT2D eigenvalue weighted by molar-refractivity contribution is 0.304. The predicted octanol–water partition coefficient (Wildman–Crippen LogP) is 0.755. The molecule has 18 heavy (non-hydrogen) atoms. The topological polar surface area (TPSA) is 41.2 Å². The van der Waals surface area contributed by atoms with Crippen molar-refractivity contribution in [1.82, 2.24) is 19.6 Å². The Balaban J connectivity index is 1.61. The number of nitrogens with zero attached hydrogens (tertiary/aromatic N) is 6. The van der Waals surface area contributed by atoms with Gasteiger partial charge in [0.25, 0.3) is 0 Å². The summed E-state index contributed by atoms with van der Waals surface area (Å²) >= 11 is 0. The first-order valence-electron chi connectivity index (χ1n) is 6.49. The number of hydrogen-bond donors (Lipinski definition) is 0. The fourth-order valence-corrected chi connectivity index (χ4v) is 2.42. The van der Waals surface area contributed by atoms with Crippen LogP contribution >= 0.6 is 0 Å². The molecule has 100 valence electrons. The quantitative estimate of drug-likeness (QED) is 0.634. The normalized spacial score (nSPS) is 35.6. The molecular weight excluding hydrogens is 228 g/mol. The van der Waals surface area contributed by atoms with E-state index in [0.29, 0.717) is 0 Å². The van der Waals surface area contributed by atoms with Gasteiger partial charge in [-0.2, -0.15) is 12.4 Å². The maximum absolute atomic E-state index is 4.47. The minimum Gasteiger partial charge on any atom is -0.677 e. The van der Waals surface area contributed by atoms with Gasteiger partial charge in [-0.3, -0.25) is 0 Å². The van der Waals surface area contributed by atoms with Crippen LogP contribution in [0.4, 0.5) is 0 Å². The molecule has 0 aromatic carbocycles. The molecular formula is C12H20N6-2. The van der Waals surface area contributed by atoms with E-state index in [1.54, 1.807) is 0 Å². The Morgan fingerprint density at radius 1 is 0.667 bits per heavy atom. The maximum Gasteiger partial charge on any atom is 0.0688 e. The van der Waals surface area contributed by atoms with Crippen molar-refractivity contribution in [2.45, 2.75) is 0 Å². The molecule has 3 aliphatic rings. The third kappa shape index (κ3) is 2.88. The van der Waals surface area contributed by atoms with Gasteiger partial charge in [-0.25, -0.2) is 0 Å². The molecule has 0 aromatic rings. The van der Waals surface area contributed by atoms with E-state index in [2.05, 4.69) is 42.6 Å². The van der Waals surface area contributed by atoms with Crippen LogP contribution in [0, 0.1) is 0 Å². The highest BCUT2D eigenvalue weighted by Gasteiger charge is 2.14. The van der Waals surface area contributed by atoms with Crippen LogP contribution in [0.2, 0.25) is 0 Å². The first-order chi connectivity index (χ1) is 8.90. The fraction of sp³-hybridized carbons (Fsp3) is 0.667. The lowest BCUT2D eigenvalue weighted by Gasteiger charge is -2.28. The van der Waals surface area contributed by atoms with Gasteiger partial charge in [0.1, 0.15) is 0 Å². The van der Waals surface area contributed by atoms with Crippen LogP contribution in [0.15, 0.2) is 24.8 Å². The second kappa shape index (κ2) is 5.49. The Labute approximate surface area is 108 Å². The first-order valence-corrected chi connectivity index (χ1v) is 6.49. The second-order valence-electron chi connectivity index (χ2n) is 4.94. The summed E-state index contributed by atoms with van der Waals surface area (Å²) in [7, 11) is 0. The molecule has 2 atom stereocenters. The summed E-state index contributed by atoms with van der Waals surface area (Å²) in [5, 5.41) is 8.93. The van der Waals surface area contributed by atoms with Crippen molar-refractivity contribution in [1.29, 1.82) is 0 Å². The molecule has 6 heteroatoms. The number of fused-ring (bicyclic) bond motifs is 4.